The van der Waals surface area contributed by atoms with Crippen molar-refractivity contribution in [2.45, 2.75) is 22.3 Å². The summed E-state index contributed by atoms with van der Waals surface area (Å²) in [5.41, 5.74) is 6.51. The molecule has 0 aliphatic heterocycles. The molecule has 0 heterocycles. The lowest BCUT2D eigenvalue weighted by Gasteiger charge is -2.12. The molecule has 2 aromatic carbocycles. The Morgan fingerprint density at radius 3 is 2.23 bits per heavy atom. The molecule has 0 radical (unpaired) electrons. The lowest BCUT2D eigenvalue weighted by atomic mass is 10.1. The summed E-state index contributed by atoms with van der Waals surface area (Å²) in [6.07, 6.45) is 0.311. The fraction of sp³-hybridized carbons (Fsp3) is 0.133. The van der Waals surface area contributed by atoms with E-state index >= 15 is 0 Å². The highest BCUT2D eigenvalue weighted by Crippen LogP contribution is 2.36. The van der Waals surface area contributed by atoms with Gasteiger partial charge < -0.3 is 15.9 Å². The van der Waals surface area contributed by atoms with E-state index in [9.17, 15) is 9.90 Å². The third kappa shape index (κ3) is 4.74. The van der Waals surface area contributed by atoms with Crippen molar-refractivity contribution in [1.82, 2.24) is 0 Å². The van der Waals surface area contributed by atoms with Crippen molar-refractivity contribution in [3.63, 3.8) is 0 Å². The summed E-state index contributed by atoms with van der Waals surface area (Å²) in [5.74, 6) is -0.751. The second kappa shape index (κ2) is 7.84. The molecule has 0 aliphatic carbocycles. The lowest BCUT2D eigenvalue weighted by Crippen LogP contribution is -2.32. The summed E-state index contributed by atoms with van der Waals surface area (Å²) in [6, 6.07) is 10.1. The third-order valence-corrected chi connectivity index (χ3v) is 6.47. The lowest BCUT2D eigenvalue weighted by molar-refractivity contribution is -0.138. The molecule has 116 valence electrons. The molecule has 0 fully saturated rings. The minimum atomic E-state index is -0.993. The number of hydrogen-bond donors (Lipinski definition) is 3. The van der Waals surface area contributed by atoms with Crippen LogP contribution in [0, 0.1) is 7.14 Å². The standard InChI is InChI=1S/C15H13I2NO3S/c16-11-5-8(7-13(18)15(20)21)6-12(17)14(11)22-10-3-1-9(19)2-4-10/h1-6,13,19H,7,18H2,(H,20,21)/t13-/m1/s1. The van der Waals surface area contributed by atoms with Crippen LogP contribution >= 0.6 is 56.9 Å². The van der Waals surface area contributed by atoms with Crippen molar-refractivity contribution >= 4 is 62.9 Å². The second-order valence-corrected chi connectivity index (χ2v) is 8.04. The van der Waals surface area contributed by atoms with Gasteiger partial charge in [-0.1, -0.05) is 11.8 Å². The zero-order valence-electron chi connectivity index (χ0n) is 11.3. The molecule has 0 aromatic heterocycles. The zero-order chi connectivity index (χ0) is 16.3. The maximum Gasteiger partial charge on any atom is 0.320 e. The number of nitrogens with two attached hydrogens (primary N) is 1. The Morgan fingerprint density at radius 1 is 1.18 bits per heavy atom. The first-order chi connectivity index (χ1) is 10.4. The Labute approximate surface area is 159 Å². The molecular weight excluding hydrogens is 528 g/mol. The molecule has 0 saturated heterocycles. The highest BCUT2D eigenvalue weighted by Gasteiger charge is 2.15. The van der Waals surface area contributed by atoms with Crippen LogP contribution in [0.15, 0.2) is 46.2 Å². The van der Waals surface area contributed by atoms with E-state index in [0.29, 0.717) is 6.42 Å². The number of hydrogen-bond acceptors (Lipinski definition) is 4. The molecule has 2 aromatic rings. The van der Waals surface area contributed by atoms with Crippen LogP contribution in [-0.4, -0.2) is 22.2 Å². The summed E-state index contributed by atoms with van der Waals surface area (Å²) in [6.45, 7) is 0. The molecule has 0 aliphatic rings. The van der Waals surface area contributed by atoms with Gasteiger partial charge in [-0.15, -0.1) is 0 Å². The highest BCUT2D eigenvalue weighted by molar-refractivity contribution is 14.1. The normalized spacial score (nSPS) is 12.1. The van der Waals surface area contributed by atoms with Gasteiger partial charge in [0.05, 0.1) is 0 Å². The zero-order valence-corrected chi connectivity index (χ0v) is 16.4. The van der Waals surface area contributed by atoms with Crippen LogP contribution in [0.4, 0.5) is 0 Å². The van der Waals surface area contributed by atoms with Gasteiger partial charge >= 0.3 is 5.97 Å². The van der Waals surface area contributed by atoms with Gasteiger partial charge in [-0.2, -0.15) is 0 Å². The number of phenolic OH excluding ortho intramolecular Hbond substituents is 1. The fourth-order valence-corrected chi connectivity index (χ4v) is 5.18. The molecule has 0 amide bonds. The Kier molecular flexibility index (Phi) is 6.36. The number of aromatic hydroxyl groups is 1. The van der Waals surface area contributed by atoms with Gasteiger partial charge in [-0.3, -0.25) is 4.79 Å². The van der Waals surface area contributed by atoms with Crippen molar-refractivity contribution in [1.29, 1.82) is 0 Å². The smallest absolute Gasteiger partial charge is 0.320 e. The molecule has 0 spiro atoms. The van der Waals surface area contributed by atoms with Crippen LogP contribution < -0.4 is 5.73 Å². The molecule has 0 saturated carbocycles. The van der Waals surface area contributed by atoms with Gasteiger partial charge in [0.15, 0.2) is 0 Å². The summed E-state index contributed by atoms with van der Waals surface area (Å²) in [7, 11) is 0. The van der Waals surface area contributed by atoms with E-state index in [1.54, 1.807) is 23.9 Å². The van der Waals surface area contributed by atoms with Gasteiger partial charge in [0, 0.05) is 16.9 Å². The maximum atomic E-state index is 10.9. The molecule has 2 rings (SSSR count). The topological polar surface area (TPSA) is 83.5 Å². The maximum absolute atomic E-state index is 10.9. The minimum absolute atomic E-state index is 0.242. The van der Waals surface area contributed by atoms with E-state index < -0.39 is 12.0 Å². The van der Waals surface area contributed by atoms with Gasteiger partial charge in [0.25, 0.3) is 0 Å². The molecule has 22 heavy (non-hydrogen) atoms. The van der Waals surface area contributed by atoms with E-state index in [1.807, 2.05) is 24.3 Å². The average molecular weight is 541 g/mol. The Hall–Kier alpha value is -0.520. The van der Waals surface area contributed by atoms with Gasteiger partial charge in [0.1, 0.15) is 11.8 Å². The van der Waals surface area contributed by atoms with Gasteiger partial charge in [-0.25, -0.2) is 0 Å². The molecule has 0 bridgehead atoms. The SMILES string of the molecule is N[C@H](Cc1cc(I)c(Sc2ccc(O)cc2)c(I)c1)C(=O)O. The summed E-state index contributed by atoms with van der Waals surface area (Å²) in [4.78, 5) is 13.0. The molecule has 4 nitrogen and oxygen atoms in total. The van der Waals surface area contributed by atoms with Crippen LogP contribution in [0.5, 0.6) is 5.75 Å². The average Bonchev–Trinajstić information content (AvgIpc) is 2.44. The van der Waals surface area contributed by atoms with Crippen molar-refractivity contribution in [2.24, 2.45) is 5.73 Å². The number of rotatable bonds is 5. The number of halogens is 2. The minimum Gasteiger partial charge on any atom is -0.508 e. The molecule has 4 N–H and O–H groups in total. The number of phenols is 1. The number of carboxylic acids is 1. The van der Waals surface area contributed by atoms with Gasteiger partial charge in [0.2, 0.25) is 0 Å². The van der Waals surface area contributed by atoms with Crippen molar-refractivity contribution in [3.05, 3.63) is 49.1 Å². The van der Waals surface area contributed by atoms with Crippen molar-refractivity contribution in [2.75, 3.05) is 0 Å². The summed E-state index contributed by atoms with van der Waals surface area (Å²) < 4.78 is 2.10. The molecule has 1 atom stereocenters. The van der Waals surface area contributed by atoms with E-state index in [2.05, 4.69) is 45.2 Å². The Balaban J connectivity index is 2.23. The molecule has 7 heteroatoms. The van der Waals surface area contributed by atoms with Crippen molar-refractivity contribution in [3.8, 4) is 5.75 Å². The quantitative estimate of drug-likeness (QED) is 0.504. The van der Waals surface area contributed by atoms with Crippen molar-refractivity contribution < 1.29 is 15.0 Å². The van der Waals surface area contributed by atoms with E-state index in [0.717, 1.165) is 22.5 Å². The van der Waals surface area contributed by atoms with Gasteiger partial charge in [-0.05, 0) is 93.6 Å². The number of aliphatic carboxylic acids is 1. The fourth-order valence-electron chi connectivity index (χ4n) is 1.80. The predicted molar refractivity (Wildman–Crippen MR) is 103 cm³/mol. The summed E-state index contributed by atoms with van der Waals surface area (Å²) in [5, 5.41) is 18.2. The van der Waals surface area contributed by atoms with E-state index in [4.69, 9.17) is 10.8 Å². The monoisotopic (exact) mass is 541 g/mol. The summed E-state index contributed by atoms with van der Waals surface area (Å²) >= 11 is 6.10. The first kappa shape index (κ1) is 17.8. The second-order valence-electron chi connectivity index (χ2n) is 4.63. The van der Waals surface area contributed by atoms with Crippen LogP contribution in [0.3, 0.4) is 0 Å². The number of benzene rings is 2. The van der Waals surface area contributed by atoms with Crippen LogP contribution in [0.2, 0.25) is 0 Å². The molecular formula is C15H13I2NO3S. The Bertz CT molecular complexity index is 669. The first-order valence-corrected chi connectivity index (χ1v) is 9.27. The van der Waals surface area contributed by atoms with E-state index in [1.165, 1.54) is 0 Å². The van der Waals surface area contributed by atoms with Crippen LogP contribution in [0.25, 0.3) is 0 Å². The first-order valence-electron chi connectivity index (χ1n) is 6.30. The third-order valence-electron chi connectivity index (χ3n) is 2.89. The number of carboxylic acid groups (broad SMARTS) is 1. The number of carbonyl (C=O) groups is 1. The van der Waals surface area contributed by atoms with Crippen LogP contribution in [0.1, 0.15) is 5.56 Å². The Morgan fingerprint density at radius 2 is 1.73 bits per heavy atom. The molecule has 0 unspecified atom stereocenters. The van der Waals surface area contributed by atoms with Crippen LogP contribution in [-0.2, 0) is 11.2 Å². The van der Waals surface area contributed by atoms with E-state index in [-0.39, 0.29) is 5.75 Å². The highest BCUT2D eigenvalue weighted by atomic mass is 127. The largest absolute Gasteiger partial charge is 0.508 e. The predicted octanol–water partition coefficient (Wildman–Crippen LogP) is 3.71.